The maximum atomic E-state index is 12.3. The van der Waals surface area contributed by atoms with E-state index in [0.29, 0.717) is 32.8 Å². The number of thioether (sulfide) groups is 1. The number of amides is 1. The molecule has 0 bridgehead atoms. The number of methoxy groups -OCH3 is 1. The molecule has 4 rings (SSSR count). The van der Waals surface area contributed by atoms with Gasteiger partial charge in [-0.15, -0.1) is 0 Å². The minimum atomic E-state index is -1.10. The van der Waals surface area contributed by atoms with Crippen LogP contribution in [0.15, 0.2) is 68.9 Å². The number of ether oxygens (including phenoxy) is 1. The predicted molar refractivity (Wildman–Crippen MR) is 120 cm³/mol. The molecular formula is C22H15ClN2O5S. The fraction of sp³-hybridized carbons (Fsp3) is 0.0455. The number of nitrogens with one attached hydrogen (secondary N) is 1. The topological polar surface area (TPSA) is 101 Å². The molecule has 3 aromatic rings. The largest absolute Gasteiger partial charge is 0.497 e. The monoisotopic (exact) mass is 454 g/mol. The molecule has 1 aliphatic rings. The Bertz CT molecular complexity index is 1230. The number of furan rings is 1. The van der Waals surface area contributed by atoms with Gasteiger partial charge in [0.05, 0.1) is 28.3 Å². The summed E-state index contributed by atoms with van der Waals surface area (Å²) in [4.78, 5) is 28.2. The summed E-state index contributed by atoms with van der Waals surface area (Å²) in [6.07, 6.45) is 1.62. The van der Waals surface area contributed by atoms with Crippen molar-refractivity contribution >= 4 is 52.2 Å². The second kappa shape index (κ2) is 8.71. The minimum Gasteiger partial charge on any atom is -0.497 e. The Hall–Kier alpha value is -3.49. The molecule has 0 unspecified atom stereocenters. The second-order valence-electron chi connectivity index (χ2n) is 6.38. The van der Waals surface area contributed by atoms with Crippen molar-refractivity contribution in [3.8, 4) is 17.1 Å². The smallest absolute Gasteiger partial charge is 0.337 e. The Morgan fingerprint density at radius 3 is 2.65 bits per heavy atom. The van der Waals surface area contributed by atoms with E-state index in [1.807, 2.05) is 0 Å². The van der Waals surface area contributed by atoms with Crippen LogP contribution in [0.3, 0.4) is 0 Å². The van der Waals surface area contributed by atoms with Crippen molar-refractivity contribution < 1.29 is 23.8 Å². The number of carboxylic acids is 1. The highest BCUT2D eigenvalue weighted by Gasteiger charge is 2.24. The molecule has 1 aromatic heterocycles. The number of aromatic carboxylic acids is 1. The Balaban J connectivity index is 1.52. The van der Waals surface area contributed by atoms with E-state index in [9.17, 15) is 9.59 Å². The van der Waals surface area contributed by atoms with E-state index in [4.69, 9.17) is 25.9 Å². The number of nitrogens with zero attached hydrogens (tertiary/aromatic N) is 1. The molecule has 0 atom stereocenters. The molecule has 1 amide bonds. The summed E-state index contributed by atoms with van der Waals surface area (Å²) >= 11 is 7.23. The van der Waals surface area contributed by atoms with Gasteiger partial charge in [-0.1, -0.05) is 17.7 Å². The number of hydrogen-bond acceptors (Lipinski definition) is 6. The summed E-state index contributed by atoms with van der Waals surface area (Å²) in [6.45, 7) is 0. The molecule has 9 heteroatoms. The van der Waals surface area contributed by atoms with E-state index in [-0.39, 0.29) is 16.5 Å². The highest BCUT2D eigenvalue weighted by atomic mass is 35.5. The zero-order chi connectivity index (χ0) is 22.0. The van der Waals surface area contributed by atoms with Crippen molar-refractivity contribution in [2.45, 2.75) is 0 Å². The highest BCUT2D eigenvalue weighted by Crippen LogP contribution is 2.31. The number of carbonyl (C=O) groups excluding carboxylic acids is 1. The normalized spacial score (nSPS) is 16.0. The maximum absolute atomic E-state index is 12.3. The number of halogens is 1. The number of aliphatic imine (C=N–C) groups is 1. The number of amidine groups is 1. The van der Waals surface area contributed by atoms with E-state index in [1.54, 1.807) is 55.7 Å². The van der Waals surface area contributed by atoms with Crippen LogP contribution >= 0.6 is 23.4 Å². The molecule has 2 aromatic carbocycles. The van der Waals surface area contributed by atoms with Gasteiger partial charge in [-0.25, -0.2) is 9.79 Å². The lowest BCUT2D eigenvalue weighted by molar-refractivity contribution is -0.115. The summed E-state index contributed by atoms with van der Waals surface area (Å²) in [5, 5.41) is 12.4. The highest BCUT2D eigenvalue weighted by molar-refractivity contribution is 8.18. The third kappa shape index (κ3) is 4.65. The van der Waals surface area contributed by atoms with Crippen molar-refractivity contribution in [3.05, 3.63) is 75.8 Å². The first kappa shape index (κ1) is 20.8. The molecule has 1 saturated heterocycles. The van der Waals surface area contributed by atoms with E-state index in [1.165, 1.54) is 23.9 Å². The van der Waals surface area contributed by atoms with Gasteiger partial charge < -0.3 is 19.6 Å². The molecule has 0 aliphatic carbocycles. The SMILES string of the molecule is COc1ccc(N=C2NC(=O)C(=Cc3ccc(-c4ccc(C(=O)O)c(Cl)c4)o3)S2)cc1. The Labute approximate surface area is 186 Å². The molecule has 7 nitrogen and oxygen atoms in total. The number of carboxylic acid groups (broad SMARTS) is 1. The van der Waals surface area contributed by atoms with Crippen molar-refractivity contribution in [2.24, 2.45) is 4.99 Å². The molecule has 0 saturated carbocycles. The number of carbonyl (C=O) groups is 2. The standard InChI is InChI=1S/C22H15ClN2O5S/c1-29-14-5-3-13(4-6-14)24-22-25-20(26)19(31-22)11-15-7-9-18(30-15)12-2-8-16(21(27)28)17(23)10-12/h2-11H,1H3,(H,27,28)(H,24,25,26). The van der Waals surface area contributed by atoms with Gasteiger partial charge in [-0.3, -0.25) is 4.79 Å². The average Bonchev–Trinajstić information content (AvgIpc) is 3.35. The Morgan fingerprint density at radius 2 is 1.97 bits per heavy atom. The first-order chi connectivity index (χ1) is 14.9. The van der Waals surface area contributed by atoms with Gasteiger partial charge in [-0.2, -0.15) is 0 Å². The lowest BCUT2D eigenvalue weighted by atomic mass is 10.1. The van der Waals surface area contributed by atoms with Gasteiger partial charge in [-0.05, 0) is 60.3 Å². The van der Waals surface area contributed by atoms with Gasteiger partial charge in [0.15, 0.2) is 5.17 Å². The number of hydrogen-bond donors (Lipinski definition) is 2. The van der Waals surface area contributed by atoms with Crippen LogP contribution in [-0.2, 0) is 4.79 Å². The molecule has 2 N–H and O–H groups in total. The lowest BCUT2D eigenvalue weighted by Gasteiger charge is -2.01. The fourth-order valence-electron chi connectivity index (χ4n) is 2.81. The summed E-state index contributed by atoms with van der Waals surface area (Å²) in [7, 11) is 1.59. The van der Waals surface area contributed by atoms with Crippen LogP contribution in [0.2, 0.25) is 5.02 Å². The van der Waals surface area contributed by atoms with Crippen LogP contribution in [-0.4, -0.2) is 29.3 Å². The minimum absolute atomic E-state index is 0.0158. The van der Waals surface area contributed by atoms with Crippen LogP contribution in [0.4, 0.5) is 5.69 Å². The second-order valence-corrected chi connectivity index (χ2v) is 7.82. The Kier molecular flexibility index (Phi) is 5.83. The first-order valence-corrected chi connectivity index (χ1v) is 10.2. The quantitative estimate of drug-likeness (QED) is 0.514. The third-order valence-corrected chi connectivity index (χ3v) is 5.56. The van der Waals surface area contributed by atoms with Gasteiger partial charge >= 0.3 is 5.97 Å². The lowest BCUT2D eigenvalue weighted by Crippen LogP contribution is -2.19. The summed E-state index contributed by atoms with van der Waals surface area (Å²) in [6, 6.07) is 15.2. The van der Waals surface area contributed by atoms with Crippen LogP contribution < -0.4 is 10.1 Å². The van der Waals surface area contributed by atoms with Crippen molar-refractivity contribution in [2.75, 3.05) is 7.11 Å². The van der Waals surface area contributed by atoms with Crippen LogP contribution in [0.25, 0.3) is 17.4 Å². The summed E-state index contributed by atoms with van der Waals surface area (Å²) in [5.41, 5.74) is 1.33. The van der Waals surface area contributed by atoms with Crippen molar-refractivity contribution in [3.63, 3.8) is 0 Å². The van der Waals surface area contributed by atoms with Crippen molar-refractivity contribution in [1.82, 2.24) is 5.32 Å². The van der Waals surface area contributed by atoms with E-state index < -0.39 is 5.97 Å². The molecule has 0 spiro atoms. The predicted octanol–water partition coefficient (Wildman–Crippen LogP) is 5.20. The summed E-state index contributed by atoms with van der Waals surface area (Å²) in [5.74, 6) is 0.319. The van der Waals surface area contributed by atoms with Gasteiger partial charge in [0.1, 0.15) is 17.3 Å². The first-order valence-electron chi connectivity index (χ1n) is 8.99. The van der Waals surface area contributed by atoms with Crippen LogP contribution in [0, 0.1) is 0 Å². The van der Waals surface area contributed by atoms with Gasteiger partial charge in [0, 0.05) is 11.6 Å². The zero-order valence-electron chi connectivity index (χ0n) is 16.1. The summed E-state index contributed by atoms with van der Waals surface area (Å²) < 4.78 is 10.9. The molecule has 0 radical (unpaired) electrons. The zero-order valence-corrected chi connectivity index (χ0v) is 17.7. The molecule has 1 fully saturated rings. The average molecular weight is 455 g/mol. The van der Waals surface area contributed by atoms with Gasteiger partial charge in [0.25, 0.3) is 5.91 Å². The molecule has 2 heterocycles. The molecule has 156 valence electrons. The Morgan fingerprint density at radius 1 is 1.19 bits per heavy atom. The van der Waals surface area contributed by atoms with Crippen LogP contribution in [0.5, 0.6) is 5.75 Å². The molecule has 1 aliphatic heterocycles. The maximum Gasteiger partial charge on any atom is 0.337 e. The molecule has 31 heavy (non-hydrogen) atoms. The van der Waals surface area contributed by atoms with Gasteiger partial charge in [0.2, 0.25) is 0 Å². The van der Waals surface area contributed by atoms with Crippen molar-refractivity contribution in [1.29, 1.82) is 0 Å². The number of rotatable bonds is 5. The van der Waals surface area contributed by atoms with E-state index in [2.05, 4.69) is 10.3 Å². The molecular weight excluding hydrogens is 440 g/mol. The fourth-order valence-corrected chi connectivity index (χ4v) is 3.89. The van der Waals surface area contributed by atoms with E-state index in [0.717, 1.165) is 5.75 Å². The van der Waals surface area contributed by atoms with Crippen LogP contribution in [0.1, 0.15) is 16.1 Å². The van der Waals surface area contributed by atoms with E-state index >= 15 is 0 Å². The number of benzene rings is 2. The third-order valence-electron chi connectivity index (χ3n) is 4.34.